The molecule has 0 saturated carbocycles. The largest absolute Gasteiger partial charge is 0.394 e. The number of hydrogen-bond acceptors (Lipinski definition) is 7. The fourth-order valence-electron chi connectivity index (χ4n) is 3.19. The second-order valence-electron chi connectivity index (χ2n) is 6.18. The molecule has 144 valence electrons. The Hall–Kier alpha value is -1.71. The van der Waals surface area contributed by atoms with E-state index in [1.807, 2.05) is 18.2 Å². The van der Waals surface area contributed by atoms with E-state index in [0.29, 0.717) is 36.1 Å². The summed E-state index contributed by atoms with van der Waals surface area (Å²) in [6, 6.07) is 8.00. The van der Waals surface area contributed by atoms with Gasteiger partial charge in [0.2, 0.25) is 0 Å². The van der Waals surface area contributed by atoms with Gasteiger partial charge in [-0.15, -0.1) is 21.5 Å². The molecule has 3 aromatic rings. The van der Waals surface area contributed by atoms with Gasteiger partial charge < -0.3 is 19.7 Å². The van der Waals surface area contributed by atoms with Crippen molar-refractivity contribution >= 4 is 50.5 Å². The monoisotopic (exact) mass is 527 g/mol. The summed E-state index contributed by atoms with van der Waals surface area (Å²) in [6.45, 7) is 1.62. The number of morpholine rings is 1. The van der Waals surface area contributed by atoms with E-state index in [-0.39, 0.29) is 12.7 Å². The number of aliphatic hydroxyl groups is 1. The number of nitriles is 1. The summed E-state index contributed by atoms with van der Waals surface area (Å²) >= 11 is 9.85. The first-order valence-electron chi connectivity index (χ1n) is 8.48. The van der Waals surface area contributed by atoms with E-state index in [9.17, 15) is 10.4 Å². The SMILES string of the molecule is N#Cc1c(N2CCO[C@@H](CO)C2)sc(-c2nnc[nH]2)c1-c1ccc(Cl)cc1I. The molecule has 1 fully saturated rings. The van der Waals surface area contributed by atoms with Crippen molar-refractivity contribution in [2.75, 3.05) is 31.2 Å². The normalized spacial score (nSPS) is 16.9. The topological polar surface area (TPSA) is 98.1 Å². The Kier molecular flexibility index (Phi) is 5.84. The molecule has 1 aromatic carbocycles. The molecule has 1 aliphatic rings. The average molecular weight is 528 g/mol. The van der Waals surface area contributed by atoms with Crippen molar-refractivity contribution in [2.24, 2.45) is 0 Å². The van der Waals surface area contributed by atoms with Gasteiger partial charge in [-0.3, -0.25) is 0 Å². The molecule has 1 atom stereocenters. The zero-order chi connectivity index (χ0) is 19.7. The van der Waals surface area contributed by atoms with E-state index in [1.54, 1.807) is 0 Å². The molecule has 1 aliphatic heterocycles. The fraction of sp³-hybridized carbons (Fsp3) is 0.278. The fourth-order valence-corrected chi connectivity index (χ4v) is 5.58. The molecule has 2 aromatic heterocycles. The van der Waals surface area contributed by atoms with Gasteiger partial charge in [0.15, 0.2) is 5.82 Å². The number of halogens is 2. The predicted molar refractivity (Wildman–Crippen MR) is 117 cm³/mol. The van der Waals surface area contributed by atoms with Crippen LogP contribution in [0.5, 0.6) is 0 Å². The lowest BCUT2D eigenvalue weighted by Crippen LogP contribution is -2.44. The van der Waals surface area contributed by atoms with Crippen molar-refractivity contribution in [1.82, 2.24) is 15.2 Å². The molecule has 4 rings (SSSR count). The number of aromatic amines is 1. The van der Waals surface area contributed by atoms with Gasteiger partial charge in [0.25, 0.3) is 0 Å². The zero-order valence-corrected chi connectivity index (χ0v) is 18.3. The molecule has 0 aliphatic carbocycles. The maximum Gasteiger partial charge on any atom is 0.171 e. The van der Waals surface area contributed by atoms with Crippen molar-refractivity contribution in [3.8, 4) is 27.9 Å². The molecular formula is C18H15ClIN5O2S. The number of benzene rings is 1. The van der Waals surface area contributed by atoms with E-state index in [2.05, 4.69) is 48.7 Å². The number of rotatable bonds is 4. The highest BCUT2D eigenvalue weighted by Gasteiger charge is 2.29. The van der Waals surface area contributed by atoms with Crippen LogP contribution in [-0.4, -0.2) is 52.7 Å². The van der Waals surface area contributed by atoms with Crippen LogP contribution in [0.2, 0.25) is 5.02 Å². The third-order valence-corrected chi connectivity index (χ3v) is 6.85. The predicted octanol–water partition coefficient (Wildman–Crippen LogP) is 3.53. The van der Waals surface area contributed by atoms with Crippen LogP contribution in [0, 0.1) is 14.9 Å². The smallest absolute Gasteiger partial charge is 0.171 e. The van der Waals surface area contributed by atoms with E-state index in [0.717, 1.165) is 24.6 Å². The minimum Gasteiger partial charge on any atom is -0.394 e. The first-order chi connectivity index (χ1) is 13.6. The van der Waals surface area contributed by atoms with E-state index < -0.39 is 0 Å². The third kappa shape index (κ3) is 3.62. The van der Waals surface area contributed by atoms with Crippen LogP contribution in [0.15, 0.2) is 24.5 Å². The summed E-state index contributed by atoms with van der Waals surface area (Å²) < 4.78 is 6.51. The number of ether oxygens (including phenoxy) is 1. The Labute approximate surface area is 184 Å². The minimum atomic E-state index is -0.268. The lowest BCUT2D eigenvalue weighted by molar-refractivity contribution is 0.00373. The van der Waals surface area contributed by atoms with Crippen LogP contribution < -0.4 is 4.90 Å². The molecule has 1 saturated heterocycles. The Morgan fingerprint density at radius 3 is 3.04 bits per heavy atom. The Morgan fingerprint density at radius 1 is 1.50 bits per heavy atom. The molecule has 28 heavy (non-hydrogen) atoms. The molecule has 3 heterocycles. The van der Waals surface area contributed by atoms with Crippen molar-refractivity contribution in [1.29, 1.82) is 5.26 Å². The molecule has 10 heteroatoms. The van der Waals surface area contributed by atoms with Crippen LogP contribution in [0.4, 0.5) is 5.00 Å². The highest BCUT2D eigenvalue weighted by molar-refractivity contribution is 14.1. The van der Waals surface area contributed by atoms with Crippen LogP contribution in [0.25, 0.3) is 21.8 Å². The van der Waals surface area contributed by atoms with Gasteiger partial charge in [-0.05, 0) is 40.3 Å². The lowest BCUT2D eigenvalue weighted by Gasteiger charge is -2.32. The average Bonchev–Trinajstić information content (AvgIpc) is 3.35. The van der Waals surface area contributed by atoms with E-state index in [1.165, 1.54) is 17.7 Å². The maximum absolute atomic E-state index is 10.0. The summed E-state index contributed by atoms with van der Waals surface area (Å²) in [5, 5.41) is 29.1. The number of aromatic nitrogens is 3. The van der Waals surface area contributed by atoms with Crippen molar-refractivity contribution in [3.05, 3.63) is 38.7 Å². The zero-order valence-electron chi connectivity index (χ0n) is 14.5. The number of aliphatic hydroxyl groups excluding tert-OH is 1. The summed E-state index contributed by atoms with van der Waals surface area (Å²) in [5.41, 5.74) is 2.31. The van der Waals surface area contributed by atoms with Gasteiger partial charge in [-0.25, -0.2) is 0 Å². The van der Waals surface area contributed by atoms with Crippen LogP contribution in [-0.2, 0) is 4.74 Å². The van der Waals surface area contributed by atoms with Crippen molar-refractivity contribution in [2.45, 2.75) is 6.10 Å². The second-order valence-corrected chi connectivity index (χ2v) is 8.78. The van der Waals surface area contributed by atoms with Gasteiger partial charge >= 0.3 is 0 Å². The summed E-state index contributed by atoms with van der Waals surface area (Å²) in [6.07, 6.45) is 1.25. The Morgan fingerprint density at radius 2 is 2.36 bits per heavy atom. The molecule has 7 nitrogen and oxygen atoms in total. The molecule has 0 bridgehead atoms. The van der Waals surface area contributed by atoms with Crippen LogP contribution in [0.1, 0.15) is 5.56 Å². The van der Waals surface area contributed by atoms with Crippen molar-refractivity contribution in [3.63, 3.8) is 0 Å². The Balaban J connectivity index is 1.91. The van der Waals surface area contributed by atoms with Crippen LogP contribution >= 0.6 is 45.5 Å². The van der Waals surface area contributed by atoms with Crippen molar-refractivity contribution < 1.29 is 9.84 Å². The number of anilines is 1. The molecule has 0 radical (unpaired) electrons. The summed E-state index contributed by atoms with van der Waals surface area (Å²) in [7, 11) is 0. The molecule has 0 amide bonds. The Bertz CT molecular complexity index is 1030. The first kappa shape index (κ1) is 19.6. The molecule has 0 unspecified atom stereocenters. The molecule has 2 N–H and O–H groups in total. The number of hydrogen-bond donors (Lipinski definition) is 2. The lowest BCUT2D eigenvalue weighted by atomic mass is 10.0. The highest BCUT2D eigenvalue weighted by Crippen LogP contribution is 2.47. The maximum atomic E-state index is 10.0. The van der Waals surface area contributed by atoms with Gasteiger partial charge in [0.1, 0.15) is 17.4 Å². The molecule has 0 spiro atoms. The van der Waals surface area contributed by atoms with Gasteiger partial charge in [0.05, 0.1) is 29.8 Å². The number of nitrogens with zero attached hydrogens (tertiary/aromatic N) is 4. The third-order valence-electron chi connectivity index (χ3n) is 4.46. The number of nitrogens with one attached hydrogen (secondary N) is 1. The van der Waals surface area contributed by atoms with E-state index in [4.69, 9.17) is 16.3 Å². The van der Waals surface area contributed by atoms with Gasteiger partial charge in [0, 0.05) is 27.2 Å². The summed E-state index contributed by atoms with van der Waals surface area (Å²) in [4.78, 5) is 5.99. The quantitative estimate of drug-likeness (QED) is 0.504. The second kappa shape index (κ2) is 8.34. The highest BCUT2D eigenvalue weighted by atomic mass is 127. The molecular weight excluding hydrogens is 513 g/mol. The standard InChI is InChI=1S/C18H15ClIN5O2S/c19-10-1-2-12(14(20)5-10)15-13(6-21)18(25-3-4-27-11(7-25)8-26)28-16(15)17-22-9-23-24-17/h1-2,5,9,11,26H,3-4,7-8H2,(H,22,23,24)/t11-/m1/s1. The number of H-pyrrole nitrogens is 1. The van der Waals surface area contributed by atoms with E-state index >= 15 is 0 Å². The first-order valence-corrected chi connectivity index (χ1v) is 10.8. The van der Waals surface area contributed by atoms with Gasteiger partial charge in [-0.1, -0.05) is 17.7 Å². The number of thiophene rings is 1. The minimum absolute atomic E-state index is 0.0549. The van der Waals surface area contributed by atoms with Crippen LogP contribution in [0.3, 0.4) is 0 Å². The summed E-state index contributed by atoms with van der Waals surface area (Å²) in [5.74, 6) is 0.612. The van der Waals surface area contributed by atoms with Gasteiger partial charge in [-0.2, -0.15) is 5.26 Å².